The number of piperidine rings is 1. The minimum atomic E-state index is 0.294. The minimum Gasteiger partial charge on any atom is -0.314 e. The third-order valence-electron chi connectivity index (χ3n) is 3.29. The molecule has 2 nitrogen and oxygen atoms in total. The Morgan fingerprint density at radius 1 is 1.53 bits per heavy atom. The monoisotopic (exact) mass is 316 g/mol. The number of nitrogens with one attached hydrogen (secondary N) is 2. The van der Waals surface area contributed by atoms with Gasteiger partial charge in [0.2, 0.25) is 0 Å². The summed E-state index contributed by atoms with van der Waals surface area (Å²) in [5.41, 5.74) is 0.294. The SMILES string of the molecule is CC1(C)CC(NCCc2ccc(Br)s2)CCN1. The summed E-state index contributed by atoms with van der Waals surface area (Å²) in [5, 5.41) is 7.24. The first kappa shape index (κ1) is 13.5. The summed E-state index contributed by atoms with van der Waals surface area (Å²) in [6, 6.07) is 5.02. The molecule has 2 rings (SSSR count). The molecule has 0 aromatic carbocycles. The van der Waals surface area contributed by atoms with Crippen LogP contribution in [0.15, 0.2) is 15.9 Å². The number of rotatable bonds is 4. The molecule has 4 heteroatoms. The van der Waals surface area contributed by atoms with E-state index < -0.39 is 0 Å². The average molecular weight is 317 g/mol. The fourth-order valence-corrected chi connectivity index (χ4v) is 3.92. The highest BCUT2D eigenvalue weighted by atomic mass is 79.9. The fourth-order valence-electron chi connectivity index (χ4n) is 2.43. The van der Waals surface area contributed by atoms with Gasteiger partial charge in [-0.25, -0.2) is 0 Å². The summed E-state index contributed by atoms with van der Waals surface area (Å²) in [6.45, 7) is 6.80. The van der Waals surface area contributed by atoms with Crippen LogP contribution in [0.1, 0.15) is 31.6 Å². The second kappa shape index (κ2) is 5.83. The molecular formula is C13H21BrN2S. The molecule has 1 aliphatic rings. The molecule has 1 fully saturated rings. The molecule has 2 N–H and O–H groups in total. The van der Waals surface area contributed by atoms with Gasteiger partial charge in [0.1, 0.15) is 0 Å². The molecule has 0 amide bonds. The Balaban J connectivity index is 1.71. The number of hydrogen-bond acceptors (Lipinski definition) is 3. The maximum absolute atomic E-state index is 3.69. The zero-order valence-electron chi connectivity index (χ0n) is 10.6. The largest absolute Gasteiger partial charge is 0.314 e. The Kier molecular flexibility index (Phi) is 4.64. The van der Waals surface area contributed by atoms with Crippen molar-refractivity contribution in [3.8, 4) is 0 Å². The topological polar surface area (TPSA) is 24.1 Å². The van der Waals surface area contributed by atoms with E-state index in [1.807, 2.05) is 11.3 Å². The lowest BCUT2D eigenvalue weighted by Crippen LogP contribution is -2.52. The van der Waals surface area contributed by atoms with Crippen LogP contribution in [0.3, 0.4) is 0 Å². The first-order chi connectivity index (χ1) is 8.05. The van der Waals surface area contributed by atoms with E-state index in [1.54, 1.807) is 0 Å². The lowest BCUT2D eigenvalue weighted by atomic mass is 9.89. The second-order valence-electron chi connectivity index (χ2n) is 5.41. The van der Waals surface area contributed by atoms with E-state index in [4.69, 9.17) is 0 Å². The van der Waals surface area contributed by atoms with Crippen LogP contribution in [0.25, 0.3) is 0 Å². The maximum Gasteiger partial charge on any atom is 0.0701 e. The van der Waals surface area contributed by atoms with Crippen LogP contribution in [0.5, 0.6) is 0 Å². The highest BCUT2D eigenvalue weighted by Crippen LogP contribution is 2.22. The lowest BCUT2D eigenvalue weighted by molar-refractivity contribution is 0.249. The first-order valence-electron chi connectivity index (χ1n) is 6.28. The van der Waals surface area contributed by atoms with E-state index in [2.05, 4.69) is 52.5 Å². The fraction of sp³-hybridized carbons (Fsp3) is 0.692. The Labute approximate surface area is 116 Å². The lowest BCUT2D eigenvalue weighted by Gasteiger charge is -2.37. The van der Waals surface area contributed by atoms with Gasteiger partial charge in [0, 0.05) is 23.0 Å². The molecule has 0 spiro atoms. The van der Waals surface area contributed by atoms with E-state index in [0.717, 1.165) is 19.5 Å². The van der Waals surface area contributed by atoms with Crippen molar-refractivity contribution in [3.63, 3.8) is 0 Å². The minimum absolute atomic E-state index is 0.294. The molecule has 1 saturated heterocycles. The molecule has 1 aromatic heterocycles. The summed E-state index contributed by atoms with van der Waals surface area (Å²) in [6.07, 6.45) is 3.61. The van der Waals surface area contributed by atoms with Crippen LogP contribution in [0, 0.1) is 0 Å². The molecule has 0 bridgehead atoms. The van der Waals surface area contributed by atoms with Crippen molar-refractivity contribution < 1.29 is 0 Å². The standard InChI is InChI=1S/C13H21BrN2S/c1-13(2)9-10(5-8-16-13)15-7-6-11-3-4-12(14)17-11/h3-4,10,15-16H,5-9H2,1-2H3. The van der Waals surface area contributed by atoms with E-state index in [1.165, 1.54) is 21.5 Å². The van der Waals surface area contributed by atoms with Crippen molar-refractivity contribution in [1.82, 2.24) is 10.6 Å². The molecular weight excluding hydrogens is 296 g/mol. The molecule has 0 saturated carbocycles. The average Bonchev–Trinajstić information content (AvgIpc) is 2.63. The van der Waals surface area contributed by atoms with E-state index in [0.29, 0.717) is 11.6 Å². The maximum atomic E-state index is 3.69. The molecule has 1 aromatic rings. The predicted octanol–water partition coefficient (Wildman–Crippen LogP) is 3.17. The molecule has 96 valence electrons. The Bertz CT molecular complexity index is 362. The van der Waals surface area contributed by atoms with Gasteiger partial charge >= 0.3 is 0 Å². The smallest absolute Gasteiger partial charge is 0.0701 e. The highest BCUT2D eigenvalue weighted by molar-refractivity contribution is 9.11. The molecule has 1 unspecified atom stereocenters. The third kappa shape index (κ3) is 4.36. The Morgan fingerprint density at radius 2 is 2.35 bits per heavy atom. The Morgan fingerprint density at radius 3 is 3.00 bits per heavy atom. The van der Waals surface area contributed by atoms with Gasteiger partial charge in [-0.2, -0.15) is 0 Å². The van der Waals surface area contributed by atoms with Gasteiger partial charge < -0.3 is 10.6 Å². The molecule has 1 aliphatic heterocycles. The predicted molar refractivity (Wildman–Crippen MR) is 78.8 cm³/mol. The van der Waals surface area contributed by atoms with Crippen molar-refractivity contribution in [3.05, 3.63) is 20.8 Å². The van der Waals surface area contributed by atoms with Gasteiger partial charge in [-0.3, -0.25) is 0 Å². The van der Waals surface area contributed by atoms with E-state index in [-0.39, 0.29) is 0 Å². The summed E-state index contributed by atoms with van der Waals surface area (Å²) in [4.78, 5) is 1.46. The second-order valence-corrected chi connectivity index (χ2v) is 7.96. The van der Waals surface area contributed by atoms with Crippen molar-refractivity contribution >= 4 is 27.3 Å². The van der Waals surface area contributed by atoms with Gasteiger partial charge in [0.05, 0.1) is 3.79 Å². The first-order valence-corrected chi connectivity index (χ1v) is 7.89. The Hall–Kier alpha value is 0.1000. The van der Waals surface area contributed by atoms with Gasteiger partial charge in [-0.05, 0) is 67.7 Å². The van der Waals surface area contributed by atoms with E-state index >= 15 is 0 Å². The molecule has 1 atom stereocenters. The van der Waals surface area contributed by atoms with Crippen LogP contribution >= 0.6 is 27.3 Å². The normalized spacial score (nSPS) is 23.8. The van der Waals surface area contributed by atoms with Crippen LogP contribution < -0.4 is 10.6 Å². The summed E-state index contributed by atoms with van der Waals surface area (Å²) in [7, 11) is 0. The van der Waals surface area contributed by atoms with Crippen molar-refractivity contribution in [2.45, 2.75) is 44.7 Å². The quantitative estimate of drug-likeness (QED) is 0.891. The zero-order chi connectivity index (χ0) is 12.3. The number of hydrogen-bond donors (Lipinski definition) is 2. The molecule has 0 aliphatic carbocycles. The number of halogens is 1. The third-order valence-corrected chi connectivity index (χ3v) is 4.97. The van der Waals surface area contributed by atoms with Crippen LogP contribution in [0.2, 0.25) is 0 Å². The van der Waals surface area contributed by atoms with Crippen LogP contribution in [-0.4, -0.2) is 24.7 Å². The highest BCUT2D eigenvalue weighted by Gasteiger charge is 2.26. The molecule has 17 heavy (non-hydrogen) atoms. The van der Waals surface area contributed by atoms with Crippen molar-refractivity contribution in [1.29, 1.82) is 0 Å². The van der Waals surface area contributed by atoms with Crippen LogP contribution in [-0.2, 0) is 6.42 Å². The summed E-state index contributed by atoms with van der Waals surface area (Å²) in [5.74, 6) is 0. The van der Waals surface area contributed by atoms with Gasteiger partial charge in [0.15, 0.2) is 0 Å². The summed E-state index contributed by atoms with van der Waals surface area (Å²) >= 11 is 5.34. The zero-order valence-corrected chi connectivity index (χ0v) is 13.0. The molecule has 0 radical (unpaired) electrons. The van der Waals surface area contributed by atoms with Gasteiger partial charge in [-0.1, -0.05) is 0 Å². The number of thiophene rings is 1. The molecule has 2 heterocycles. The van der Waals surface area contributed by atoms with Crippen LogP contribution in [0.4, 0.5) is 0 Å². The van der Waals surface area contributed by atoms with Gasteiger partial charge in [-0.15, -0.1) is 11.3 Å². The van der Waals surface area contributed by atoms with Crippen molar-refractivity contribution in [2.24, 2.45) is 0 Å². The van der Waals surface area contributed by atoms with E-state index in [9.17, 15) is 0 Å². The van der Waals surface area contributed by atoms with Crippen molar-refractivity contribution in [2.75, 3.05) is 13.1 Å². The summed E-state index contributed by atoms with van der Waals surface area (Å²) < 4.78 is 1.23. The van der Waals surface area contributed by atoms with Gasteiger partial charge in [0.25, 0.3) is 0 Å².